The van der Waals surface area contributed by atoms with Crippen LogP contribution in [0.1, 0.15) is 29.8 Å². The Kier molecular flexibility index (Phi) is 7.78. The van der Waals surface area contributed by atoms with E-state index in [-0.39, 0.29) is 11.8 Å². The molecule has 0 saturated carbocycles. The van der Waals surface area contributed by atoms with Gasteiger partial charge in [-0.2, -0.15) is 0 Å². The normalized spacial score (nSPS) is 11.6. The molecule has 0 aliphatic rings. The molecule has 2 amide bonds. The van der Waals surface area contributed by atoms with Crippen molar-refractivity contribution < 1.29 is 27.8 Å². The summed E-state index contributed by atoms with van der Waals surface area (Å²) in [7, 11) is 1.54. The number of benzene rings is 2. The predicted octanol–water partition coefficient (Wildman–Crippen LogP) is 4.86. The molecule has 1 atom stereocenters. The number of aromatic nitrogens is 1. The van der Waals surface area contributed by atoms with Crippen molar-refractivity contribution in [2.24, 2.45) is 5.92 Å². The fraction of sp³-hybridized carbons (Fsp3) is 0.240. The lowest BCUT2D eigenvalue weighted by atomic mass is 10.0. The van der Waals surface area contributed by atoms with Crippen molar-refractivity contribution in [1.82, 2.24) is 10.3 Å². The molecule has 0 bridgehead atoms. The number of nitrogens with zero attached hydrogens (tertiary/aromatic N) is 1. The highest BCUT2D eigenvalue weighted by atomic mass is 19.1. The molecule has 3 rings (SSSR count). The number of hydrogen-bond acceptors (Lipinski definition) is 5. The molecule has 0 aliphatic heterocycles. The number of methoxy groups -OCH3 is 1. The molecule has 0 radical (unpaired) electrons. The number of halogens is 2. The molecule has 0 unspecified atom stereocenters. The Balaban J connectivity index is 1.69. The minimum absolute atomic E-state index is 0.281. The van der Waals surface area contributed by atoms with Crippen molar-refractivity contribution in [3.63, 3.8) is 0 Å². The Hall–Kier alpha value is -4.01. The number of aryl methyl sites for hydroxylation is 1. The molecule has 7 nitrogen and oxygen atoms in total. The Bertz CT molecular complexity index is 1160. The van der Waals surface area contributed by atoms with Gasteiger partial charge in [0.2, 0.25) is 11.8 Å². The highest BCUT2D eigenvalue weighted by Gasteiger charge is 2.27. The number of anilines is 1. The minimum Gasteiger partial charge on any atom is -0.493 e. The van der Waals surface area contributed by atoms with E-state index in [1.54, 1.807) is 32.0 Å². The molecule has 1 aromatic heterocycles. The zero-order valence-electron chi connectivity index (χ0n) is 19.2. The smallest absolute Gasteiger partial charge is 0.257 e. The van der Waals surface area contributed by atoms with Crippen molar-refractivity contribution >= 4 is 17.5 Å². The first kappa shape index (κ1) is 24.6. The van der Waals surface area contributed by atoms with E-state index in [0.29, 0.717) is 17.2 Å². The zero-order chi connectivity index (χ0) is 24.8. The molecule has 0 aliphatic carbocycles. The topological polar surface area (TPSA) is 89.5 Å². The summed E-state index contributed by atoms with van der Waals surface area (Å²) < 4.78 is 38.9. The zero-order valence-corrected chi connectivity index (χ0v) is 19.2. The summed E-state index contributed by atoms with van der Waals surface area (Å²) in [5, 5.41) is 5.05. The number of carbonyl (C=O) groups excluding carboxylic acids is 2. The number of carbonyl (C=O) groups is 2. The van der Waals surface area contributed by atoms with Crippen LogP contribution in [0.15, 0.2) is 54.7 Å². The minimum atomic E-state index is -1.04. The summed E-state index contributed by atoms with van der Waals surface area (Å²) in [5.41, 5.74) is 0.626. The molecular weight excluding hydrogens is 444 g/mol. The SMILES string of the molecule is COc1cc(C)ccc1Oc1ccc(NC(=O)[C@@H](NC(=O)c2c(F)cccc2F)C(C)C)cn1. The van der Waals surface area contributed by atoms with Crippen molar-refractivity contribution in [2.75, 3.05) is 12.4 Å². The van der Waals surface area contributed by atoms with Gasteiger partial charge in [-0.05, 0) is 48.7 Å². The van der Waals surface area contributed by atoms with Crippen molar-refractivity contribution in [2.45, 2.75) is 26.8 Å². The van der Waals surface area contributed by atoms with E-state index in [2.05, 4.69) is 15.6 Å². The molecule has 178 valence electrons. The average molecular weight is 469 g/mol. The molecule has 0 saturated heterocycles. The van der Waals surface area contributed by atoms with Gasteiger partial charge in [-0.15, -0.1) is 0 Å². The number of ether oxygens (including phenoxy) is 2. The summed E-state index contributed by atoms with van der Waals surface area (Å²) in [5.74, 6) is -2.63. The predicted molar refractivity (Wildman–Crippen MR) is 123 cm³/mol. The van der Waals surface area contributed by atoms with Gasteiger partial charge in [0, 0.05) is 6.07 Å². The summed E-state index contributed by atoms with van der Waals surface area (Å²) in [6.45, 7) is 5.33. The maximum absolute atomic E-state index is 13.9. The highest BCUT2D eigenvalue weighted by Crippen LogP contribution is 2.31. The first-order chi connectivity index (χ1) is 16.2. The van der Waals surface area contributed by atoms with Crippen molar-refractivity contribution in [1.29, 1.82) is 0 Å². The average Bonchev–Trinajstić information content (AvgIpc) is 2.79. The molecule has 2 aromatic carbocycles. The van der Waals surface area contributed by atoms with Crippen molar-refractivity contribution in [3.8, 4) is 17.4 Å². The number of amides is 2. The van der Waals surface area contributed by atoms with Gasteiger partial charge >= 0.3 is 0 Å². The van der Waals surface area contributed by atoms with E-state index in [9.17, 15) is 18.4 Å². The quantitative estimate of drug-likeness (QED) is 0.492. The first-order valence-corrected chi connectivity index (χ1v) is 10.5. The Labute approximate surface area is 196 Å². The second-order valence-electron chi connectivity index (χ2n) is 7.92. The Morgan fingerprint density at radius 3 is 2.29 bits per heavy atom. The third kappa shape index (κ3) is 5.86. The van der Waals surface area contributed by atoms with Crippen LogP contribution in [-0.4, -0.2) is 29.9 Å². The van der Waals surface area contributed by atoms with Crippen LogP contribution in [0.3, 0.4) is 0 Å². The molecule has 3 aromatic rings. The van der Waals surface area contributed by atoms with E-state index >= 15 is 0 Å². The highest BCUT2D eigenvalue weighted by molar-refractivity contribution is 6.01. The molecule has 0 fully saturated rings. The second-order valence-corrected chi connectivity index (χ2v) is 7.92. The monoisotopic (exact) mass is 469 g/mol. The first-order valence-electron chi connectivity index (χ1n) is 10.5. The number of pyridine rings is 1. The van der Waals surface area contributed by atoms with Gasteiger partial charge in [0.05, 0.1) is 19.0 Å². The summed E-state index contributed by atoms with van der Waals surface area (Å²) in [6, 6.07) is 10.7. The van der Waals surface area contributed by atoms with Gasteiger partial charge in [-0.25, -0.2) is 13.8 Å². The van der Waals surface area contributed by atoms with Crippen LogP contribution in [0.5, 0.6) is 17.4 Å². The molecule has 0 spiro atoms. The fourth-order valence-electron chi connectivity index (χ4n) is 3.17. The Morgan fingerprint density at radius 2 is 1.71 bits per heavy atom. The number of hydrogen-bond donors (Lipinski definition) is 2. The van der Waals surface area contributed by atoms with E-state index < -0.39 is 35.1 Å². The third-order valence-corrected chi connectivity index (χ3v) is 4.96. The second kappa shape index (κ2) is 10.7. The van der Waals surface area contributed by atoms with Gasteiger partial charge < -0.3 is 20.1 Å². The van der Waals surface area contributed by atoms with Crippen LogP contribution < -0.4 is 20.1 Å². The van der Waals surface area contributed by atoms with E-state index in [0.717, 1.165) is 23.8 Å². The Morgan fingerprint density at radius 1 is 1.00 bits per heavy atom. The van der Waals surface area contributed by atoms with Gasteiger partial charge in [0.1, 0.15) is 23.2 Å². The summed E-state index contributed by atoms with van der Waals surface area (Å²) in [6.07, 6.45) is 1.39. The van der Waals surface area contributed by atoms with Crippen LogP contribution in [0, 0.1) is 24.5 Å². The van der Waals surface area contributed by atoms with E-state index in [1.807, 2.05) is 19.1 Å². The lowest BCUT2D eigenvalue weighted by Crippen LogP contribution is -2.47. The molecule has 2 N–H and O–H groups in total. The summed E-state index contributed by atoms with van der Waals surface area (Å²) in [4.78, 5) is 29.4. The van der Waals surface area contributed by atoms with Gasteiger partial charge in [0.25, 0.3) is 5.91 Å². The van der Waals surface area contributed by atoms with Crippen LogP contribution in [0.2, 0.25) is 0 Å². The third-order valence-electron chi connectivity index (χ3n) is 4.96. The van der Waals surface area contributed by atoms with Gasteiger partial charge in [0.15, 0.2) is 11.5 Å². The van der Waals surface area contributed by atoms with E-state index in [1.165, 1.54) is 13.3 Å². The van der Waals surface area contributed by atoms with Gasteiger partial charge in [-0.3, -0.25) is 9.59 Å². The largest absolute Gasteiger partial charge is 0.493 e. The summed E-state index contributed by atoms with van der Waals surface area (Å²) >= 11 is 0. The maximum atomic E-state index is 13.9. The maximum Gasteiger partial charge on any atom is 0.257 e. The van der Waals surface area contributed by atoms with Crippen LogP contribution in [0.25, 0.3) is 0 Å². The van der Waals surface area contributed by atoms with E-state index in [4.69, 9.17) is 9.47 Å². The molecule has 9 heteroatoms. The number of nitrogens with one attached hydrogen (secondary N) is 2. The van der Waals surface area contributed by atoms with Crippen LogP contribution in [-0.2, 0) is 4.79 Å². The molecule has 1 heterocycles. The van der Waals surface area contributed by atoms with Gasteiger partial charge in [-0.1, -0.05) is 26.0 Å². The fourth-order valence-corrected chi connectivity index (χ4v) is 3.17. The van der Waals surface area contributed by atoms with Crippen molar-refractivity contribution in [3.05, 3.63) is 77.5 Å². The lowest BCUT2D eigenvalue weighted by molar-refractivity contribution is -0.118. The molecular formula is C25H25F2N3O4. The van der Waals surface area contributed by atoms with Crippen LogP contribution in [0.4, 0.5) is 14.5 Å². The number of rotatable bonds is 8. The molecule has 34 heavy (non-hydrogen) atoms. The van der Waals surface area contributed by atoms with Crippen LogP contribution >= 0.6 is 0 Å². The lowest BCUT2D eigenvalue weighted by Gasteiger charge is -2.22. The standard InChI is InChI=1S/C25H25F2N3O4/c1-14(2)23(30-24(31)22-17(26)6-5-7-18(22)27)25(32)29-16-9-11-21(28-13-16)34-19-10-8-15(3)12-20(19)33-4/h5-14,23H,1-4H3,(H,29,32)(H,30,31)/t23-/m0/s1.